The Kier molecular flexibility index (Phi) is 5.22. The zero-order valence-electron chi connectivity index (χ0n) is 16.6. The minimum atomic E-state index is -0.397. The second-order valence-corrected chi connectivity index (χ2v) is 6.94. The topological polar surface area (TPSA) is 81.5 Å². The van der Waals surface area contributed by atoms with Gasteiger partial charge in [0, 0.05) is 17.8 Å². The largest absolute Gasteiger partial charge is 0.436 e. The van der Waals surface area contributed by atoms with E-state index in [0.29, 0.717) is 11.5 Å². The Morgan fingerprint density at radius 1 is 1.07 bits per heavy atom. The summed E-state index contributed by atoms with van der Waals surface area (Å²) in [5.41, 5.74) is 5.89. The summed E-state index contributed by atoms with van der Waals surface area (Å²) in [4.78, 5) is 19.8. The van der Waals surface area contributed by atoms with Crippen molar-refractivity contribution < 1.29 is 9.34 Å². The summed E-state index contributed by atoms with van der Waals surface area (Å²) in [5.74, 6) is 0.544. The smallest absolute Gasteiger partial charge is 0.276 e. The average Bonchev–Trinajstić information content (AvgIpc) is 3.15. The molecule has 148 valence electrons. The zero-order chi connectivity index (χ0) is 21.1. The van der Waals surface area contributed by atoms with Crippen LogP contribution in [0.2, 0.25) is 0 Å². The van der Waals surface area contributed by atoms with E-state index in [1.54, 1.807) is 36.6 Å². The molecule has 0 saturated heterocycles. The normalized spacial score (nSPS) is 11.7. The maximum Gasteiger partial charge on any atom is 0.276 e. The lowest BCUT2D eigenvalue weighted by Gasteiger charge is -2.02. The highest BCUT2D eigenvalue weighted by atomic mass is 16.6. The second kappa shape index (κ2) is 8.13. The molecule has 0 spiro atoms. The molecule has 3 aromatic carbocycles. The van der Waals surface area contributed by atoms with E-state index < -0.39 is 4.92 Å². The minimum Gasteiger partial charge on any atom is -0.436 e. The fraction of sp³-hybridized carbons (Fsp3) is 0.0833. The summed E-state index contributed by atoms with van der Waals surface area (Å²) >= 11 is 0. The first-order chi connectivity index (χ1) is 14.5. The Morgan fingerprint density at radius 2 is 1.90 bits per heavy atom. The highest BCUT2D eigenvalue weighted by molar-refractivity contribution is 5.83. The maximum atomic E-state index is 11.1. The molecule has 0 fully saturated rings. The van der Waals surface area contributed by atoms with Crippen LogP contribution in [0.25, 0.3) is 28.6 Å². The van der Waals surface area contributed by atoms with Gasteiger partial charge in [0.15, 0.2) is 5.58 Å². The SMILES string of the molecule is Cc1ccc2nc(-c3ccc(C)c(N=C/C=C/c4ccccc4[N+](=O)[O-])c3)oc2c1. The van der Waals surface area contributed by atoms with Crippen LogP contribution in [0.15, 0.2) is 76.1 Å². The molecule has 0 saturated carbocycles. The summed E-state index contributed by atoms with van der Waals surface area (Å²) < 4.78 is 5.91. The zero-order valence-corrected chi connectivity index (χ0v) is 16.6. The van der Waals surface area contributed by atoms with Gasteiger partial charge >= 0.3 is 0 Å². The number of hydrogen-bond donors (Lipinski definition) is 0. The van der Waals surface area contributed by atoms with Crippen LogP contribution in [-0.2, 0) is 0 Å². The molecular weight excluding hydrogens is 378 g/mol. The highest BCUT2D eigenvalue weighted by Gasteiger charge is 2.10. The number of aliphatic imine (C=N–C) groups is 1. The van der Waals surface area contributed by atoms with E-state index in [1.165, 1.54) is 6.07 Å². The Bertz CT molecular complexity index is 1300. The van der Waals surface area contributed by atoms with Gasteiger partial charge in [0.05, 0.1) is 16.2 Å². The van der Waals surface area contributed by atoms with Crippen LogP contribution in [0.3, 0.4) is 0 Å². The monoisotopic (exact) mass is 397 g/mol. The lowest BCUT2D eigenvalue weighted by atomic mass is 10.1. The van der Waals surface area contributed by atoms with Gasteiger partial charge in [0.1, 0.15) is 5.52 Å². The van der Waals surface area contributed by atoms with E-state index in [-0.39, 0.29) is 5.69 Å². The highest BCUT2D eigenvalue weighted by Crippen LogP contribution is 2.29. The molecule has 0 aliphatic rings. The standard InChI is InChI=1S/C24H19N3O3/c1-16-9-12-20-23(14-16)30-24(26-20)19-11-10-17(2)21(15-19)25-13-5-7-18-6-3-4-8-22(18)27(28)29/h3-15H,1-2H3/b7-5+,25-13?. The number of allylic oxidation sites excluding steroid dienone is 1. The van der Waals surface area contributed by atoms with Crippen LogP contribution in [0, 0.1) is 24.0 Å². The molecule has 4 rings (SSSR count). The first-order valence-corrected chi connectivity index (χ1v) is 9.43. The van der Waals surface area contributed by atoms with Crippen molar-refractivity contribution in [3.05, 3.63) is 93.5 Å². The van der Waals surface area contributed by atoms with Gasteiger partial charge in [-0.3, -0.25) is 15.1 Å². The van der Waals surface area contributed by atoms with Crippen LogP contribution in [0.4, 0.5) is 11.4 Å². The van der Waals surface area contributed by atoms with Gasteiger partial charge in [-0.15, -0.1) is 0 Å². The first-order valence-electron chi connectivity index (χ1n) is 9.43. The number of nitro groups is 1. The van der Waals surface area contributed by atoms with Crippen molar-refractivity contribution in [2.24, 2.45) is 4.99 Å². The number of nitrogens with zero attached hydrogens (tertiary/aromatic N) is 3. The maximum absolute atomic E-state index is 11.1. The molecule has 0 N–H and O–H groups in total. The molecular formula is C24H19N3O3. The summed E-state index contributed by atoms with van der Waals surface area (Å²) in [6.45, 7) is 3.98. The number of aromatic nitrogens is 1. The van der Waals surface area contributed by atoms with Crippen molar-refractivity contribution in [3.8, 4) is 11.5 Å². The van der Waals surface area contributed by atoms with Gasteiger partial charge in [0.25, 0.3) is 5.69 Å². The predicted molar refractivity (Wildman–Crippen MR) is 119 cm³/mol. The van der Waals surface area contributed by atoms with Crippen LogP contribution < -0.4 is 0 Å². The number of rotatable bonds is 5. The lowest BCUT2D eigenvalue weighted by Crippen LogP contribution is -1.90. The number of para-hydroxylation sites is 1. The third-order valence-electron chi connectivity index (χ3n) is 4.71. The minimum absolute atomic E-state index is 0.0616. The number of hydrogen-bond acceptors (Lipinski definition) is 5. The van der Waals surface area contributed by atoms with Gasteiger partial charge in [-0.2, -0.15) is 0 Å². The number of aryl methyl sites for hydroxylation is 2. The van der Waals surface area contributed by atoms with Crippen LogP contribution in [0.1, 0.15) is 16.7 Å². The molecule has 1 heterocycles. The summed E-state index contributed by atoms with van der Waals surface area (Å²) in [6, 6.07) is 18.3. The Morgan fingerprint density at radius 3 is 2.73 bits per heavy atom. The molecule has 6 heteroatoms. The molecule has 30 heavy (non-hydrogen) atoms. The lowest BCUT2D eigenvalue weighted by molar-refractivity contribution is -0.385. The van der Waals surface area contributed by atoms with E-state index in [9.17, 15) is 10.1 Å². The van der Waals surface area contributed by atoms with Crippen molar-refractivity contribution in [1.29, 1.82) is 0 Å². The molecule has 0 aliphatic carbocycles. The summed E-state index contributed by atoms with van der Waals surface area (Å²) in [6.07, 6.45) is 4.99. The quantitative estimate of drug-likeness (QED) is 0.220. The molecule has 4 aromatic rings. The number of fused-ring (bicyclic) bond motifs is 1. The molecule has 0 amide bonds. The van der Waals surface area contributed by atoms with E-state index in [1.807, 2.05) is 50.2 Å². The average molecular weight is 397 g/mol. The van der Waals surface area contributed by atoms with Crippen LogP contribution in [0.5, 0.6) is 0 Å². The summed E-state index contributed by atoms with van der Waals surface area (Å²) in [7, 11) is 0. The Balaban J connectivity index is 1.60. The second-order valence-electron chi connectivity index (χ2n) is 6.94. The van der Waals surface area contributed by atoms with Gasteiger partial charge in [-0.1, -0.05) is 24.3 Å². The van der Waals surface area contributed by atoms with Crippen molar-refractivity contribution in [1.82, 2.24) is 4.98 Å². The molecule has 1 aromatic heterocycles. The first kappa shape index (κ1) is 19.3. The molecule has 0 aliphatic heterocycles. The van der Waals surface area contributed by atoms with E-state index in [2.05, 4.69) is 9.98 Å². The molecule has 0 radical (unpaired) electrons. The van der Waals surface area contributed by atoms with Crippen molar-refractivity contribution in [2.75, 3.05) is 0 Å². The van der Waals surface area contributed by atoms with Crippen molar-refractivity contribution in [3.63, 3.8) is 0 Å². The van der Waals surface area contributed by atoms with Gasteiger partial charge in [-0.25, -0.2) is 4.98 Å². The van der Waals surface area contributed by atoms with Gasteiger partial charge in [0.2, 0.25) is 5.89 Å². The van der Waals surface area contributed by atoms with E-state index in [0.717, 1.165) is 33.5 Å². The fourth-order valence-electron chi connectivity index (χ4n) is 3.10. The van der Waals surface area contributed by atoms with E-state index >= 15 is 0 Å². The summed E-state index contributed by atoms with van der Waals surface area (Å²) in [5, 5.41) is 11.1. The molecule has 0 atom stereocenters. The van der Waals surface area contributed by atoms with Crippen LogP contribution >= 0.6 is 0 Å². The van der Waals surface area contributed by atoms with Gasteiger partial charge < -0.3 is 4.42 Å². The number of benzene rings is 3. The molecule has 0 unspecified atom stereocenters. The van der Waals surface area contributed by atoms with Gasteiger partial charge in [-0.05, 0) is 67.5 Å². The predicted octanol–water partition coefficient (Wildman–Crippen LogP) is 6.44. The molecule has 6 nitrogen and oxygen atoms in total. The number of oxazole rings is 1. The third-order valence-corrected chi connectivity index (χ3v) is 4.71. The Hall–Kier alpha value is -4.06. The number of nitro benzene ring substituents is 1. The van der Waals surface area contributed by atoms with Crippen LogP contribution in [-0.4, -0.2) is 16.1 Å². The Labute approximate surface area is 173 Å². The van der Waals surface area contributed by atoms with Crippen molar-refractivity contribution >= 4 is 34.8 Å². The fourth-order valence-corrected chi connectivity index (χ4v) is 3.10. The van der Waals surface area contributed by atoms with E-state index in [4.69, 9.17) is 4.42 Å². The van der Waals surface area contributed by atoms with Crippen molar-refractivity contribution in [2.45, 2.75) is 13.8 Å². The molecule has 0 bridgehead atoms. The third kappa shape index (κ3) is 4.03.